The first-order chi connectivity index (χ1) is 14.5. The fraction of sp³-hybridized carbons (Fsp3) is 0.391. The molecule has 7 heteroatoms. The van der Waals surface area contributed by atoms with Gasteiger partial charge in [0.2, 0.25) is 5.91 Å². The molecule has 2 unspecified atom stereocenters. The lowest BCUT2D eigenvalue weighted by atomic mass is 9.94. The molecular formula is C23H30N4O2S. The first kappa shape index (κ1) is 22.0. The largest absolute Gasteiger partial charge is 0.493 e. The lowest BCUT2D eigenvalue weighted by molar-refractivity contribution is -0.127. The number of thioether (sulfide) groups is 1. The van der Waals surface area contributed by atoms with E-state index in [0.29, 0.717) is 12.6 Å². The summed E-state index contributed by atoms with van der Waals surface area (Å²) < 4.78 is 5.83. The number of ether oxygens (including phenoxy) is 1. The van der Waals surface area contributed by atoms with Gasteiger partial charge in [0.05, 0.1) is 6.61 Å². The minimum Gasteiger partial charge on any atom is -0.493 e. The number of nitrogens with zero attached hydrogens (tertiary/aromatic N) is 2. The molecule has 30 heavy (non-hydrogen) atoms. The number of hydrogen-bond donors (Lipinski definition) is 2. The Morgan fingerprint density at radius 3 is 2.70 bits per heavy atom. The first-order valence-corrected chi connectivity index (χ1v) is 11.2. The summed E-state index contributed by atoms with van der Waals surface area (Å²) in [5, 5.41) is 6.84. The number of carbonyl (C=O) groups is 1. The normalized spacial score (nSPS) is 16.4. The highest BCUT2D eigenvalue weighted by Gasteiger charge is 2.29. The van der Waals surface area contributed by atoms with Gasteiger partial charge in [-0.3, -0.25) is 4.79 Å². The maximum absolute atomic E-state index is 12.0. The fourth-order valence-corrected chi connectivity index (χ4v) is 4.00. The van der Waals surface area contributed by atoms with Crippen LogP contribution in [0.2, 0.25) is 0 Å². The Morgan fingerprint density at radius 2 is 1.93 bits per heavy atom. The molecule has 0 saturated heterocycles. The SMILES string of the molecule is CC(NC(=NCC(=O)N(C)C)NCCSc1ccccc1)C1COc2ccccc21. The number of aliphatic imine (C=N–C) groups is 1. The van der Waals surface area contributed by atoms with Gasteiger partial charge >= 0.3 is 0 Å². The first-order valence-electron chi connectivity index (χ1n) is 10.2. The molecule has 0 aromatic heterocycles. The molecule has 6 nitrogen and oxygen atoms in total. The van der Waals surface area contributed by atoms with E-state index >= 15 is 0 Å². The highest BCUT2D eigenvalue weighted by atomic mass is 32.2. The minimum absolute atomic E-state index is 0.0306. The Morgan fingerprint density at radius 1 is 1.20 bits per heavy atom. The van der Waals surface area contributed by atoms with Crippen molar-refractivity contribution in [3.05, 3.63) is 60.2 Å². The predicted octanol–water partition coefficient (Wildman–Crippen LogP) is 2.97. The van der Waals surface area contributed by atoms with E-state index in [2.05, 4.69) is 40.7 Å². The average Bonchev–Trinajstić information content (AvgIpc) is 3.19. The van der Waals surface area contributed by atoms with Gasteiger partial charge < -0.3 is 20.3 Å². The summed E-state index contributed by atoms with van der Waals surface area (Å²) in [7, 11) is 3.48. The van der Waals surface area contributed by atoms with Crippen molar-refractivity contribution in [3.8, 4) is 5.75 Å². The molecule has 2 atom stereocenters. The van der Waals surface area contributed by atoms with Gasteiger partial charge in [-0.15, -0.1) is 11.8 Å². The molecule has 0 radical (unpaired) electrons. The van der Waals surface area contributed by atoms with Crippen LogP contribution in [0.3, 0.4) is 0 Å². The summed E-state index contributed by atoms with van der Waals surface area (Å²) >= 11 is 1.79. The zero-order valence-electron chi connectivity index (χ0n) is 17.8. The lowest BCUT2D eigenvalue weighted by Crippen LogP contribution is -2.46. The maximum atomic E-state index is 12.0. The van der Waals surface area contributed by atoms with E-state index in [1.54, 1.807) is 30.8 Å². The molecule has 3 rings (SSSR count). The minimum atomic E-state index is -0.0306. The van der Waals surface area contributed by atoms with E-state index in [-0.39, 0.29) is 24.4 Å². The summed E-state index contributed by atoms with van der Waals surface area (Å²) in [5.74, 6) is 2.70. The second kappa shape index (κ2) is 10.9. The van der Waals surface area contributed by atoms with Crippen molar-refractivity contribution in [3.63, 3.8) is 0 Å². The number of hydrogen-bond acceptors (Lipinski definition) is 4. The Labute approximate surface area is 183 Å². The fourth-order valence-electron chi connectivity index (χ4n) is 3.21. The van der Waals surface area contributed by atoms with Crippen molar-refractivity contribution >= 4 is 23.6 Å². The number of guanidine groups is 1. The van der Waals surface area contributed by atoms with E-state index in [4.69, 9.17) is 4.74 Å². The third kappa shape index (κ3) is 6.16. The smallest absolute Gasteiger partial charge is 0.243 e. The van der Waals surface area contributed by atoms with Crippen molar-refractivity contribution in [2.45, 2.75) is 23.8 Å². The quantitative estimate of drug-likeness (QED) is 0.294. The second-order valence-electron chi connectivity index (χ2n) is 7.43. The number of carbonyl (C=O) groups excluding carboxylic acids is 1. The number of likely N-dealkylation sites (N-methyl/N-ethyl adjacent to an activating group) is 1. The zero-order chi connectivity index (χ0) is 21.3. The molecule has 1 aliphatic rings. The topological polar surface area (TPSA) is 66.0 Å². The molecule has 0 spiro atoms. The summed E-state index contributed by atoms with van der Waals surface area (Å²) in [6.45, 7) is 3.62. The van der Waals surface area contributed by atoms with E-state index < -0.39 is 0 Å². The number of para-hydroxylation sites is 1. The van der Waals surface area contributed by atoms with Gasteiger partial charge in [0.15, 0.2) is 5.96 Å². The van der Waals surface area contributed by atoms with Crippen LogP contribution in [0.25, 0.3) is 0 Å². The van der Waals surface area contributed by atoms with E-state index in [1.807, 2.05) is 36.4 Å². The molecule has 2 aromatic carbocycles. The lowest BCUT2D eigenvalue weighted by Gasteiger charge is -2.23. The van der Waals surface area contributed by atoms with Crippen LogP contribution in [0.4, 0.5) is 0 Å². The Bertz CT molecular complexity index is 857. The molecule has 2 N–H and O–H groups in total. The molecule has 160 valence electrons. The molecule has 0 aliphatic carbocycles. The highest BCUT2D eigenvalue weighted by molar-refractivity contribution is 7.99. The average molecular weight is 427 g/mol. The van der Waals surface area contributed by atoms with Gasteiger partial charge in [0, 0.05) is 48.8 Å². The van der Waals surface area contributed by atoms with Gasteiger partial charge in [-0.25, -0.2) is 4.99 Å². The summed E-state index contributed by atoms with van der Waals surface area (Å²) in [6, 6.07) is 18.6. The van der Waals surface area contributed by atoms with Crippen LogP contribution in [0.5, 0.6) is 5.75 Å². The van der Waals surface area contributed by atoms with Crippen molar-refractivity contribution in [1.29, 1.82) is 0 Å². The monoisotopic (exact) mass is 426 g/mol. The van der Waals surface area contributed by atoms with Crippen LogP contribution in [0.15, 0.2) is 64.5 Å². The molecular weight excluding hydrogens is 396 g/mol. The predicted molar refractivity (Wildman–Crippen MR) is 123 cm³/mol. The molecule has 0 saturated carbocycles. The molecule has 2 aromatic rings. The van der Waals surface area contributed by atoms with Crippen LogP contribution in [-0.4, -0.2) is 62.4 Å². The summed E-state index contributed by atoms with van der Waals surface area (Å²) in [5.41, 5.74) is 1.21. The maximum Gasteiger partial charge on any atom is 0.243 e. The Hall–Kier alpha value is -2.67. The van der Waals surface area contributed by atoms with Gasteiger partial charge in [-0.2, -0.15) is 0 Å². The standard InChI is InChI=1S/C23H30N4O2S/c1-17(20-16-29-21-12-8-7-11-19(20)21)26-23(25-15-22(28)27(2)3)24-13-14-30-18-9-5-4-6-10-18/h4-12,17,20H,13-16H2,1-3H3,(H2,24,25,26). The van der Waals surface area contributed by atoms with Gasteiger partial charge in [0.25, 0.3) is 0 Å². The number of fused-ring (bicyclic) bond motifs is 1. The van der Waals surface area contributed by atoms with E-state index in [9.17, 15) is 4.79 Å². The Balaban J connectivity index is 1.59. The second-order valence-corrected chi connectivity index (χ2v) is 8.60. The third-order valence-electron chi connectivity index (χ3n) is 4.98. The molecule has 1 heterocycles. The van der Waals surface area contributed by atoms with Gasteiger partial charge in [-0.05, 0) is 25.1 Å². The van der Waals surface area contributed by atoms with Crippen LogP contribution >= 0.6 is 11.8 Å². The number of amides is 1. The third-order valence-corrected chi connectivity index (χ3v) is 6.00. The molecule has 1 amide bonds. The summed E-state index contributed by atoms with van der Waals surface area (Å²) in [6.07, 6.45) is 0. The zero-order valence-corrected chi connectivity index (χ0v) is 18.6. The van der Waals surface area contributed by atoms with Crippen LogP contribution in [0, 0.1) is 0 Å². The van der Waals surface area contributed by atoms with E-state index in [0.717, 1.165) is 18.0 Å². The number of rotatable bonds is 8. The van der Waals surface area contributed by atoms with Crippen LogP contribution < -0.4 is 15.4 Å². The van der Waals surface area contributed by atoms with Gasteiger partial charge in [0.1, 0.15) is 12.3 Å². The highest BCUT2D eigenvalue weighted by Crippen LogP contribution is 2.35. The summed E-state index contributed by atoms with van der Waals surface area (Å²) in [4.78, 5) is 19.3. The van der Waals surface area contributed by atoms with Crippen molar-refractivity contribution < 1.29 is 9.53 Å². The molecule has 0 fully saturated rings. The number of nitrogens with one attached hydrogen (secondary N) is 2. The molecule has 0 bridgehead atoms. The van der Waals surface area contributed by atoms with Crippen LogP contribution in [-0.2, 0) is 4.79 Å². The van der Waals surface area contributed by atoms with Gasteiger partial charge in [-0.1, -0.05) is 36.4 Å². The number of benzene rings is 2. The Kier molecular flexibility index (Phi) is 8.02. The van der Waals surface area contributed by atoms with Crippen molar-refractivity contribution in [1.82, 2.24) is 15.5 Å². The van der Waals surface area contributed by atoms with Crippen LogP contribution in [0.1, 0.15) is 18.4 Å². The van der Waals surface area contributed by atoms with E-state index in [1.165, 1.54) is 10.5 Å². The van der Waals surface area contributed by atoms with Crippen molar-refractivity contribution in [2.75, 3.05) is 39.5 Å². The molecule has 1 aliphatic heterocycles. The van der Waals surface area contributed by atoms with Crippen molar-refractivity contribution in [2.24, 2.45) is 4.99 Å².